The van der Waals surface area contributed by atoms with Gasteiger partial charge < -0.3 is 19.0 Å². The van der Waals surface area contributed by atoms with Crippen LogP contribution in [0.3, 0.4) is 0 Å². The van der Waals surface area contributed by atoms with Crippen molar-refractivity contribution in [1.82, 2.24) is 14.9 Å². The van der Waals surface area contributed by atoms with E-state index >= 15 is 0 Å². The zero-order valence-electron chi connectivity index (χ0n) is 16.7. The smallest absolute Gasteiger partial charge is 0.356 e. The van der Waals surface area contributed by atoms with Crippen LogP contribution in [0.4, 0.5) is 0 Å². The SMILES string of the molecule is Cc1cc2c(cc(C(=O)OC(C(=O)NC3CCCCC3)c3ccccn3)n2C)o1. The molecule has 4 rings (SSSR count). The fourth-order valence-electron chi connectivity index (χ4n) is 3.90. The van der Waals surface area contributed by atoms with Crippen LogP contribution in [0.25, 0.3) is 11.1 Å². The van der Waals surface area contributed by atoms with E-state index in [2.05, 4.69) is 10.3 Å². The molecular formula is C22H25N3O4. The van der Waals surface area contributed by atoms with Gasteiger partial charge in [-0.3, -0.25) is 9.78 Å². The number of carbonyl (C=O) groups is 2. The second-order valence-electron chi connectivity index (χ2n) is 7.58. The number of nitrogens with one attached hydrogen (secondary N) is 1. The number of rotatable bonds is 5. The van der Waals surface area contributed by atoms with Crippen molar-refractivity contribution < 1.29 is 18.7 Å². The second-order valence-corrected chi connectivity index (χ2v) is 7.58. The van der Waals surface area contributed by atoms with Crippen LogP contribution < -0.4 is 5.32 Å². The van der Waals surface area contributed by atoms with Crippen LogP contribution in [0.5, 0.6) is 0 Å². The van der Waals surface area contributed by atoms with Crippen molar-refractivity contribution >= 4 is 23.0 Å². The summed E-state index contributed by atoms with van der Waals surface area (Å²) in [7, 11) is 1.77. The topological polar surface area (TPSA) is 86.4 Å². The fourth-order valence-corrected chi connectivity index (χ4v) is 3.90. The van der Waals surface area contributed by atoms with Crippen LogP contribution >= 0.6 is 0 Å². The Hall–Kier alpha value is -3.09. The van der Waals surface area contributed by atoms with Gasteiger partial charge in [0.25, 0.3) is 5.91 Å². The zero-order valence-corrected chi connectivity index (χ0v) is 16.7. The van der Waals surface area contributed by atoms with E-state index in [9.17, 15) is 9.59 Å². The summed E-state index contributed by atoms with van der Waals surface area (Å²) in [5.74, 6) is -0.160. The minimum Gasteiger partial charge on any atom is -0.460 e. The summed E-state index contributed by atoms with van der Waals surface area (Å²) in [5, 5.41) is 3.04. The Bertz CT molecular complexity index is 1020. The van der Waals surface area contributed by atoms with Crippen LogP contribution in [-0.2, 0) is 16.6 Å². The van der Waals surface area contributed by atoms with Gasteiger partial charge in [0.2, 0.25) is 6.10 Å². The minimum absolute atomic E-state index is 0.113. The number of fused-ring (bicyclic) bond motifs is 1. The van der Waals surface area contributed by atoms with Gasteiger partial charge in [0.05, 0.1) is 11.2 Å². The zero-order chi connectivity index (χ0) is 20.4. The number of aromatic nitrogens is 2. The lowest BCUT2D eigenvalue weighted by atomic mass is 9.95. The summed E-state index contributed by atoms with van der Waals surface area (Å²) in [6.07, 6.45) is 5.77. The Kier molecular flexibility index (Phi) is 5.38. The first kappa shape index (κ1) is 19.2. The Morgan fingerprint density at radius 2 is 2.03 bits per heavy atom. The van der Waals surface area contributed by atoms with E-state index in [1.165, 1.54) is 6.42 Å². The van der Waals surface area contributed by atoms with E-state index in [0.717, 1.165) is 37.0 Å². The van der Waals surface area contributed by atoms with Crippen molar-refractivity contribution in [2.24, 2.45) is 7.05 Å². The number of pyridine rings is 1. The molecule has 7 heteroatoms. The molecule has 3 aromatic heterocycles. The molecule has 1 amide bonds. The van der Waals surface area contributed by atoms with Crippen molar-refractivity contribution in [2.45, 2.75) is 51.2 Å². The lowest BCUT2D eigenvalue weighted by molar-refractivity contribution is -0.131. The summed E-state index contributed by atoms with van der Waals surface area (Å²) >= 11 is 0. The maximum Gasteiger partial charge on any atom is 0.356 e. The molecule has 1 unspecified atom stereocenters. The van der Waals surface area contributed by atoms with Crippen molar-refractivity contribution in [2.75, 3.05) is 0 Å². The number of aryl methyl sites for hydroxylation is 2. The first-order valence-corrected chi connectivity index (χ1v) is 10.0. The summed E-state index contributed by atoms with van der Waals surface area (Å²) in [5.41, 5.74) is 2.14. The van der Waals surface area contributed by atoms with Gasteiger partial charge in [-0.1, -0.05) is 25.3 Å². The third-order valence-electron chi connectivity index (χ3n) is 5.43. The monoisotopic (exact) mass is 395 g/mol. The molecule has 29 heavy (non-hydrogen) atoms. The average molecular weight is 395 g/mol. The van der Waals surface area contributed by atoms with Crippen molar-refractivity contribution in [3.63, 3.8) is 0 Å². The second kappa shape index (κ2) is 8.11. The molecule has 1 fully saturated rings. The van der Waals surface area contributed by atoms with E-state index in [1.807, 2.05) is 13.0 Å². The molecule has 1 N–H and O–H groups in total. The highest BCUT2D eigenvalue weighted by Crippen LogP contribution is 2.25. The standard InChI is InChI=1S/C22H25N3O4/c1-14-12-17-19(28-14)13-18(25(17)2)22(27)29-20(16-10-6-7-11-23-16)21(26)24-15-8-4-3-5-9-15/h6-7,10-13,15,20H,3-5,8-9H2,1-2H3,(H,24,26). The third kappa shape index (κ3) is 4.04. The van der Waals surface area contributed by atoms with Gasteiger partial charge in [-0.05, 0) is 31.9 Å². The summed E-state index contributed by atoms with van der Waals surface area (Å²) in [6.45, 7) is 1.85. The number of amides is 1. The first-order valence-electron chi connectivity index (χ1n) is 10.0. The quantitative estimate of drug-likeness (QED) is 0.664. The molecule has 1 atom stereocenters. The summed E-state index contributed by atoms with van der Waals surface area (Å²) in [4.78, 5) is 30.1. The largest absolute Gasteiger partial charge is 0.460 e. The van der Waals surface area contributed by atoms with E-state index in [-0.39, 0.29) is 11.9 Å². The van der Waals surface area contributed by atoms with Gasteiger partial charge in [-0.2, -0.15) is 0 Å². The van der Waals surface area contributed by atoms with Crippen LogP contribution in [0.1, 0.15) is 60.2 Å². The van der Waals surface area contributed by atoms with Crippen LogP contribution in [-0.4, -0.2) is 27.5 Å². The molecule has 0 radical (unpaired) electrons. The molecule has 1 saturated carbocycles. The fraction of sp³-hybridized carbons (Fsp3) is 0.409. The van der Waals surface area contributed by atoms with Crippen LogP contribution in [0, 0.1) is 6.92 Å². The molecule has 0 bridgehead atoms. The minimum atomic E-state index is -1.10. The van der Waals surface area contributed by atoms with Crippen LogP contribution in [0.2, 0.25) is 0 Å². The highest BCUT2D eigenvalue weighted by Gasteiger charge is 2.30. The number of hydrogen-bond donors (Lipinski definition) is 1. The molecule has 7 nitrogen and oxygen atoms in total. The highest BCUT2D eigenvalue weighted by molar-refractivity contribution is 5.96. The van der Waals surface area contributed by atoms with Gasteiger partial charge in [-0.25, -0.2) is 4.79 Å². The predicted octanol–water partition coefficient (Wildman–Crippen LogP) is 3.82. The van der Waals surface area contributed by atoms with Gasteiger partial charge in [0, 0.05) is 31.4 Å². The number of furan rings is 1. The molecule has 3 aromatic rings. The Balaban J connectivity index is 1.57. The maximum atomic E-state index is 13.0. The Morgan fingerprint density at radius 1 is 1.24 bits per heavy atom. The highest BCUT2D eigenvalue weighted by atomic mass is 16.5. The number of carbonyl (C=O) groups excluding carboxylic acids is 2. The summed E-state index contributed by atoms with van der Waals surface area (Å²) in [6, 6.07) is 8.84. The summed E-state index contributed by atoms with van der Waals surface area (Å²) < 4.78 is 13.0. The number of nitrogens with zero attached hydrogens (tertiary/aromatic N) is 2. The number of hydrogen-bond acceptors (Lipinski definition) is 5. The van der Waals surface area contributed by atoms with Crippen molar-refractivity contribution in [3.05, 3.63) is 53.7 Å². The Labute approximate surface area is 169 Å². The molecule has 0 aliphatic heterocycles. The maximum absolute atomic E-state index is 13.0. The molecule has 0 aromatic carbocycles. The van der Waals surface area contributed by atoms with Gasteiger partial charge in [0.15, 0.2) is 5.58 Å². The van der Waals surface area contributed by atoms with Crippen molar-refractivity contribution in [1.29, 1.82) is 0 Å². The molecule has 0 spiro atoms. The molecular weight excluding hydrogens is 370 g/mol. The molecule has 3 heterocycles. The normalized spacial score (nSPS) is 15.9. The van der Waals surface area contributed by atoms with Gasteiger partial charge in [-0.15, -0.1) is 0 Å². The lowest BCUT2D eigenvalue weighted by Crippen LogP contribution is -2.40. The van der Waals surface area contributed by atoms with Gasteiger partial charge in [0.1, 0.15) is 11.5 Å². The van der Waals surface area contributed by atoms with Crippen molar-refractivity contribution in [3.8, 4) is 0 Å². The number of ether oxygens (including phenoxy) is 1. The molecule has 0 saturated heterocycles. The predicted molar refractivity (Wildman–Crippen MR) is 107 cm³/mol. The average Bonchev–Trinajstić information content (AvgIpc) is 3.24. The van der Waals surface area contributed by atoms with E-state index in [1.54, 1.807) is 42.1 Å². The number of esters is 1. The Morgan fingerprint density at radius 3 is 2.72 bits per heavy atom. The van der Waals surface area contributed by atoms with Gasteiger partial charge >= 0.3 is 5.97 Å². The molecule has 1 aliphatic rings. The molecule has 1 aliphatic carbocycles. The molecule has 152 valence electrons. The first-order chi connectivity index (χ1) is 14.0. The van der Waals surface area contributed by atoms with E-state index in [0.29, 0.717) is 17.0 Å². The van der Waals surface area contributed by atoms with Crippen LogP contribution in [0.15, 0.2) is 40.9 Å². The van der Waals surface area contributed by atoms with E-state index < -0.39 is 12.1 Å². The lowest BCUT2D eigenvalue weighted by Gasteiger charge is -2.25. The van der Waals surface area contributed by atoms with E-state index in [4.69, 9.17) is 9.15 Å². The third-order valence-corrected chi connectivity index (χ3v) is 5.43.